The highest BCUT2D eigenvalue weighted by Gasteiger charge is 2.01. The van der Waals surface area contributed by atoms with Gasteiger partial charge < -0.3 is 4.74 Å². The van der Waals surface area contributed by atoms with Crippen LogP contribution in [-0.2, 0) is 21.3 Å². The average molecular weight is 257 g/mol. The number of carbonyl (C=O) groups is 1. The molecule has 1 aromatic carbocycles. The van der Waals surface area contributed by atoms with Gasteiger partial charge in [0.2, 0.25) is 0 Å². The van der Waals surface area contributed by atoms with Crippen molar-refractivity contribution < 1.29 is 9.53 Å². The quantitative estimate of drug-likeness (QED) is 0.612. The molecule has 0 spiro atoms. The minimum atomic E-state index is -0.158. The van der Waals surface area contributed by atoms with Crippen molar-refractivity contribution in [1.29, 1.82) is 0 Å². The Labute approximate surface area is 92.4 Å². The lowest BCUT2D eigenvalue weighted by Gasteiger charge is -2.02. The number of hydrogen-bond donors (Lipinski definition) is 0. The third kappa shape index (κ3) is 3.50. The van der Waals surface area contributed by atoms with Gasteiger partial charge in [-0.1, -0.05) is 40.2 Å². The first-order valence-electron chi connectivity index (χ1n) is 4.47. The predicted octanol–water partition coefficient (Wildman–Crippen LogP) is 2.69. The Balaban J connectivity index is 2.54. The summed E-state index contributed by atoms with van der Waals surface area (Å²) in [5.41, 5.74) is 2.40. The Morgan fingerprint density at radius 2 is 2.14 bits per heavy atom. The molecule has 0 atom stereocenters. The average Bonchev–Trinajstić information content (AvgIpc) is 2.26. The molecule has 0 unspecified atom stereocenters. The third-order valence-electron chi connectivity index (χ3n) is 1.99. The fourth-order valence-corrected chi connectivity index (χ4v) is 1.57. The van der Waals surface area contributed by atoms with E-state index in [-0.39, 0.29) is 5.97 Å². The van der Waals surface area contributed by atoms with Crippen LogP contribution in [0, 0.1) is 0 Å². The number of esters is 1. The van der Waals surface area contributed by atoms with Crippen molar-refractivity contribution in [1.82, 2.24) is 0 Å². The van der Waals surface area contributed by atoms with Crippen LogP contribution in [0.2, 0.25) is 0 Å². The van der Waals surface area contributed by atoms with Crippen molar-refractivity contribution in [2.45, 2.75) is 18.2 Å². The summed E-state index contributed by atoms with van der Waals surface area (Å²) in [5.74, 6) is -0.158. The van der Waals surface area contributed by atoms with E-state index in [1.807, 2.05) is 12.1 Å². The van der Waals surface area contributed by atoms with Crippen molar-refractivity contribution in [2.75, 3.05) is 7.11 Å². The smallest absolute Gasteiger partial charge is 0.305 e. The summed E-state index contributed by atoms with van der Waals surface area (Å²) in [5, 5.41) is 0.846. The van der Waals surface area contributed by atoms with Crippen LogP contribution in [0.5, 0.6) is 0 Å². The van der Waals surface area contributed by atoms with E-state index in [2.05, 4.69) is 32.8 Å². The van der Waals surface area contributed by atoms with Gasteiger partial charge in [0.15, 0.2) is 0 Å². The Morgan fingerprint density at radius 1 is 1.43 bits per heavy atom. The van der Waals surface area contributed by atoms with Gasteiger partial charge in [-0.3, -0.25) is 4.79 Å². The molecule has 0 radical (unpaired) electrons. The molecule has 0 aliphatic heterocycles. The molecule has 0 aliphatic rings. The van der Waals surface area contributed by atoms with Crippen LogP contribution in [0.4, 0.5) is 0 Å². The van der Waals surface area contributed by atoms with Gasteiger partial charge in [0.1, 0.15) is 0 Å². The van der Waals surface area contributed by atoms with Crippen LogP contribution >= 0.6 is 15.9 Å². The van der Waals surface area contributed by atoms with Gasteiger partial charge in [-0.05, 0) is 17.5 Å². The van der Waals surface area contributed by atoms with Crippen molar-refractivity contribution in [3.8, 4) is 0 Å². The van der Waals surface area contributed by atoms with Crippen LogP contribution in [0.15, 0.2) is 24.3 Å². The molecule has 0 N–H and O–H groups in total. The van der Waals surface area contributed by atoms with E-state index in [1.165, 1.54) is 18.2 Å². The Kier molecular flexibility index (Phi) is 4.66. The zero-order valence-electron chi connectivity index (χ0n) is 8.13. The first kappa shape index (κ1) is 11.2. The normalized spacial score (nSPS) is 9.86. The SMILES string of the molecule is COC(=O)CCc1cccc(CBr)c1. The van der Waals surface area contributed by atoms with Crippen molar-refractivity contribution in [3.05, 3.63) is 35.4 Å². The molecule has 0 fully saturated rings. The first-order chi connectivity index (χ1) is 6.76. The number of aryl methyl sites for hydroxylation is 1. The zero-order chi connectivity index (χ0) is 10.4. The molecule has 76 valence electrons. The predicted molar refractivity (Wildman–Crippen MR) is 59.4 cm³/mol. The van der Waals surface area contributed by atoms with Gasteiger partial charge in [-0.15, -0.1) is 0 Å². The first-order valence-corrected chi connectivity index (χ1v) is 5.59. The zero-order valence-corrected chi connectivity index (χ0v) is 9.71. The van der Waals surface area contributed by atoms with E-state index < -0.39 is 0 Å². The highest BCUT2D eigenvalue weighted by atomic mass is 79.9. The van der Waals surface area contributed by atoms with Gasteiger partial charge in [-0.2, -0.15) is 0 Å². The molecule has 0 heterocycles. The molecule has 0 aromatic heterocycles. The highest BCUT2D eigenvalue weighted by Crippen LogP contribution is 2.10. The van der Waals surface area contributed by atoms with E-state index in [9.17, 15) is 4.79 Å². The van der Waals surface area contributed by atoms with Gasteiger partial charge in [-0.25, -0.2) is 0 Å². The van der Waals surface area contributed by atoms with Crippen molar-refractivity contribution in [2.24, 2.45) is 0 Å². The van der Waals surface area contributed by atoms with Crippen LogP contribution in [0.3, 0.4) is 0 Å². The molecule has 1 aromatic rings. The van der Waals surface area contributed by atoms with E-state index >= 15 is 0 Å². The maximum Gasteiger partial charge on any atom is 0.305 e. The van der Waals surface area contributed by atoms with Gasteiger partial charge >= 0.3 is 5.97 Å². The summed E-state index contributed by atoms with van der Waals surface area (Å²) < 4.78 is 4.58. The maximum atomic E-state index is 10.9. The van der Waals surface area contributed by atoms with E-state index in [0.29, 0.717) is 6.42 Å². The minimum absolute atomic E-state index is 0.158. The van der Waals surface area contributed by atoms with E-state index in [0.717, 1.165) is 11.8 Å². The molecule has 14 heavy (non-hydrogen) atoms. The highest BCUT2D eigenvalue weighted by molar-refractivity contribution is 9.08. The number of carbonyl (C=O) groups excluding carboxylic acids is 1. The molecular formula is C11H13BrO2. The molecule has 0 bridgehead atoms. The third-order valence-corrected chi connectivity index (χ3v) is 2.64. The molecule has 0 amide bonds. The summed E-state index contributed by atoms with van der Waals surface area (Å²) in [6.07, 6.45) is 1.19. The number of hydrogen-bond acceptors (Lipinski definition) is 2. The Bertz CT molecular complexity index is 310. The summed E-state index contributed by atoms with van der Waals surface area (Å²) in [4.78, 5) is 10.9. The lowest BCUT2D eigenvalue weighted by atomic mass is 10.1. The molecule has 2 nitrogen and oxygen atoms in total. The molecule has 0 saturated carbocycles. The van der Waals surface area contributed by atoms with E-state index in [1.54, 1.807) is 0 Å². The van der Waals surface area contributed by atoms with Crippen LogP contribution in [-0.4, -0.2) is 13.1 Å². The summed E-state index contributed by atoms with van der Waals surface area (Å²) in [6, 6.07) is 8.17. The molecule has 1 rings (SSSR count). The second-order valence-electron chi connectivity index (χ2n) is 3.03. The Hall–Kier alpha value is -0.830. The summed E-state index contributed by atoms with van der Waals surface area (Å²) >= 11 is 3.39. The standard InChI is InChI=1S/C11H13BrO2/c1-14-11(13)6-5-9-3-2-4-10(7-9)8-12/h2-4,7H,5-6,8H2,1H3. The minimum Gasteiger partial charge on any atom is -0.469 e. The number of methoxy groups -OCH3 is 1. The van der Waals surface area contributed by atoms with Crippen LogP contribution < -0.4 is 0 Å². The second-order valence-corrected chi connectivity index (χ2v) is 3.59. The van der Waals surface area contributed by atoms with Gasteiger partial charge in [0.25, 0.3) is 0 Å². The molecule has 0 saturated heterocycles. The molecular weight excluding hydrogens is 244 g/mol. The largest absolute Gasteiger partial charge is 0.469 e. The summed E-state index contributed by atoms with van der Waals surface area (Å²) in [7, 11) is 1.41. The summed E-state index contributed by atoms with van der Waals surface area (Å²) in [6.45, 7) is 0. The van der Waals surface area contributed by atoms with Crippen molar-refractivity contribution >= 4 is 21.9 Å². The number of benzene rings is 1. The number of rotatable bonds is 4. The number of alkyl halides is 1. The fourth-order valence-electron chi connectivity index (χ4n) is 1.22. The second kappa shape index (κ2) is 5.81. The monoisotopic (exact) mass is 256 g/mol. The van der Waals surface area contributed by atoms with Crippen LogP contribution in [0.25, 0.3) is 0 Å². The molecule has 0 aliphatic carbocycles. The van der Waals surface area contributed by atoms with E-state index in [4.69, 9.17) is 0 Å². The lowest BCUT2D eigenvalue weighted by molar-refractivity contribution is -0.140. The van der Waals surface area contributed by atoms with Gasteiger partial charge in [0, 0.05) is 11.8 Å². The van der Waals surface area contributed by atoms with Gasteiger partial charge in [0.05, 0.1) is 7.11 Å². The lowest BCUT2D eigenvalue weighted by Crippen LogP contribution is -2.01. The van der Waals surface area contributed by atoms with Crippen LogP contribution in [0.1, 0.15) is 17.5 Å². The maximum absolute atomic E-state index is 10.9. The fraction of sp³-hybridized carbons (Fsp3) is 0.364. The topological polar surface area (TPSA) is 26.3 Å². The van der Waals surface area contributed by atoms with Crippen molar-refractivity contribution in [3.63, 3.8) is 0 Å². The number of ether oxygens (including phenoxy) is 1. The number of halogens is 1. The Morgan fingerprint density at radius 3 is 2.79 bits per heavy atom. The molecule has 3 heteroatoms.